The van der Waals surface area contributed by atoms with E-state index >= 15 is 0 Å². The van der Waals surface area contributed by atoms with Crippen molar-refractivity contribution >= 4 is 12.0 Å². The van der Waals surface area contributed by atoms with Crippen LogP contribution < -0.4 is 5.32 Å². The molecule has 2 heterocycles. The van der Waals surface area contributed by atoms with Crippen molar-refractivity contribution in [1.82, 2.24) is 20.0 Å². The van der Waals surface area contributed by atoms with E-state index in [2.05, 4.69) is 10.4 Å². The number of likely N-dealkylation sites (tertiary alicyclic amines) is 1. The van der Waals surface area contributed by atoms with Gasteiger partial charge < -0.3 is 15.3 Å². The molecule has 0 saturated carbocycles. The Kier molecular flexibility index (Phi) is 3.58. The molecule has 1 aliphatic carbocycles. The Labute approximate surface area is 129 Å². The molecule has 1 saturated heterocycles. The molecule has 3 rings (SSSR count). The number of carboxylic acids is 1. The minimum absolute atomic E-state index is 0.0263. The molecule has 7 heteroatoms. The number of aromatic nitrogens is 2. The van der Waals surface area contributed by atoms with E-state index in [9.17, 15) is 14.7 Å². The molecule has 1 fully saturated rings. The van der Waals surface area contributed by atoms with E-state index in [1.54, 1.807) is 11.8 Å². The summed E-state index contributed by atoms with van der Waals surface area (Å²) in [4.78, 5) is 25.3. The summed E-state index contributed by atoms with van der Waals surface area (Å²) in [6.07, 6.45) is 5.22. The van der Waals surface area contributed by atoms with Crippen molar-refractivity contribution in [2.45, 2.75) is 38.6 Å². The number of amides is 2. The number of aryl methyl sites for hydroxylation is 1. The van der Waals surface area contributed by atoms with Gasteiger partial charge in [0.25, 0.3) is 0 Å². The minimum Gasteiger partial charge on any atom is -0.481 e. The van der Waals surface area contributed by atoms with Crippen molar-refractivity contribution in [3.63, 3.8) is 0 Å². The minimum atomic E-state index is -0.838. The lowest BCUT2D eigenvalue weighted by Crippen LogP contribution is -2.43. The highest BCUT2D eigenvalue weighted by Gasteiger charge is 2.42. The zero-order chi connectivity index (χ0) is 15.9. The lowest BCUT2D eigenvalue weighted by atomic mass is 9.90. The zero-order valence-corrected chi connectivity index (χ0v) is 13.0. The fraction of sp³-hybridized carbons (Fsp3) is 0.667. The molecule has 0 bridgehead atoms. The SMILES string of the molecule is Cn1ncc2c1CCCC2NC(=O)N1CCC(C)(C(=O)O)C1. The number of fused-ring (bicyclic) bond motifs is 1. The van der Waals surface area contributed by atoms with Gasteiger partial charge in [-0.3, -0.25) is 9.48 Å². The highest BCUT2D eigenvalue weighted by molar-refractivity contribution is 5.79. The second-order valence-electron chi connectivity index (χ2n) is 6.60. The van der Waals surface area contributed by atoms with Crippen LogP contribution in [-0.2, 0) is 18.3 Å². The molecule has 7 nitrogen and oxygen atoms in total. The van der Waals surface area contributed by atoms with Crippen LogP contribution in [0.3, 0.4) is 0 Å². The fourth-order valence-corrected chi connectivity index (χ4v) is 3.41. The van der Waals surface area contributed by atoms with Gasteiger partial charge in [0, 0.05) is 31.4 Å². The van der Waals surface area contributed by atoms with Crippen molar-refractivity contribution in [2.75, 3.05) is 13.1 Å². The maximum atomic E-state index is 12.4. The second-order valence-corrected chi connectivity index (χ2v) is 6.60. The van der Waals surface area contributed by atoms with Crippen LogP contribution in [0.25, 0.3) is 0 Å². The van der Waals surface area contributed by atoms with E-state index in [0.29, 0.717) is 13.0 Å². The van der Waals surface area contributed by atoms with Gasteiger partial charge in [0.1, 0.15) is 0 Å². The Bertz CT molecular complexity index is 612. The van der Waals surface area contributed by atoms with Crippen LogP contribution in [0.15, 0.2) is 6.20 Å². The number of aliphatic carboxylic acids is 1. The average Bonchev–Trinajstić information content (AvgIpc) is 3.05. The van der Waals surface area contributed by atoms with Gasteiger partial charge in [0.05, 0.1) is 17.7 Å². The number of nitrogens with zero attached hydrogens (tertiary/aromatic N) is 3. The largest absolute Gasteiger partial charge is 0.481 e. The van der Waals surface area contributed by atoms with Crippen LogP contribution in [0, 0.1) is 5.41 Å². The van der Waals surface area contributed by atoms with E-state index in [1.807, 2.05) is 17.9 Å². The van der Waals surface area contributed by atoms with Gasteiger partial charge in [0.15, 0.2) is 0 Å². The van der Waals surface area contributed by atoms with E-state index < -0.39 is 11.4 Å². The number of carbonyl (C=O) groups is 2. The molecule has 2 unspecified atom stereocenters. The number of nitrogens with one attached hydrogen (secondary N) is 1. The molecule has 2 aliphatic rings. The van der Waals surface area contributed by atoms with Crippen LogP contribution in [0.1, 0.15) is 43.5 Å². The van der Waals surface area contributed by atoms with Crippen molar-refractivity contribution < 1.29 is 14.7 Å². The molecule has 0 spiro atoms. The summed E-state index contributed by atoms with van der Waals surface area (Å²) in [6, 6.07) is -0.201. The molecule has 2 N–H and O–H groups in total. The second kappa shape index (κ2) is 5.30. The highest BCUT2D eigenvalue weighted by atomic mass is 16.4. The number of rotatable bonds is 2. The summed E-state index contributed by atoms with van der Waals surface area (Å²) in [5.41, 5.74) is 1.43. The Morgan fingerprint density at radius 2 is 2.27 bits per heavy atom. The van der Waals surface area contributed by atoms with Gasteiger partial charge in [-0.2, -0.15) is 5.10 Å². The fourth-order valence-electron chi connectivity index (χ4n) is 3.41. The predicted molar refractivity (Wildman–Crippen MR) is 79.4 cm³/mol. The molecule has 0 radical (unpaired) electrons. The average molecular weight is 306 g/mol. The van der Waals surface area contributed by atoms with Gasteiger partial charge in [-0.1, -0.05) is 0 Å². The van der Waals surface area contributed by atoms with Crippen molar-refractivity contribution in [2.24, 2.45) is 12.5 Å². The topological polar surface area (TPSA) is 87.5 Å². The molecule has 1 aromatic rings. The van der Waals surface area contributed by atoms with Crippen LogP contribution in [0.2, 0.25) is 0 Å². The highest BCUT2D eigenvalue weighted by Crippen LogP contribution is 2.32. The third kappa shape index (κ3) is 2.44. The van der Waals surface area contributed by atoms with Crippen LogP contribution in [0.5, 0.6) is 0 Å². The normalized spacial score (nSPS) is 27.5. The maximum absolute atomic E-state index is 12.4. The standard InChI is InChI=1S/C15H22N4O3/c1-15(13(20)21)6-7-19(9-15)14(22)17-11-4-3-5-12-10(11)8-16-18(12)2/h8,11H,3-7,9H2,1-2H3,(H,17,22)(H,20,21). The Hall–Kier alpha value is -2.05. The molecule has 2 amide bonds. The monoisotopic (exact) mass is 306 g/mol. The molecule has 0 aromatic carbocycles. The van der Waals surface area contributed by atoms with Crippen LogP contribution >= 0.6 is 0 Å². The Balaban J connectivity index is 1.68. The van der Waals surface area contributed by atoms with Gasteiger partial charge in [-0.15, -0.1) is 0 Å². The van der Waals surface area contributed by atoms with Crippen LogP contribution in [-0.4, -0.2) is 44.9 Å². The third-order valence-corrected chi connectivity index (χ3v) is 4.95. The number of hydrogen-bond donors (Lipinski definition) is 2. The molecule has 1 aliphatic heterocycles. The van der Waals surface area contributed by atoms with Gasteiger partial charge in [-0.25, -0.2) is 4.79 Å². The Morgan fingerprint density at radius 1 is 1.50 bits per heavy atom. The van der Waals surface area contributed by atoms with Crippen LogP contribution in [0.4, 0.5) is 4.79 Å². The molecule has 1 aromatic heterocycles. The third-order valence-electron chi connectivity index (χ3n) is 4.95. The smallest absolute Gasteiger partial charge is 0.317 e. The van der Waals surface area contributed by atoms with E-state index in [1.165, 1.54) is 5.69 Å². The number of carboxylic acid groups (broad SMARTS) is 1. The maximum Gasteiger partial charge on any atom is 0.317 e. The van der Waals surface area contributed by atoms with E-state index in [0.717, 1.165) is 24.8 Å². The number of urea groups is 1. The lowest BCUT2D eigenvalue weighted by Gasteiger charge is -2.27. The predicted octanol–water partition coefficient (Wildman–Crippen LogP) is 1.30. The summed E-state index contributed by atoms with van der Waals surface area (Å²) in [7, 11) is 1.92. The molecule has 120 valence electrons. The quantitative estimate of drug-likeness (QED) is 0.862. The summed E-state index contributed by atoms with van der Waals surface area (Å²) >= 11 is 0. The van der Waals surface area contributed by atoms with Crippen molar-refractivity contribution in [1.29, 1.82) is 0 Å². The van der Waals surface area contributed by atoms with E-state index in [4.69, 9.17) is 0 Å². The molecule has 2 atom stereocenters. The summed E-state index contributed by atoms with van der Waals surface area (Å²) in [5, 5.41) is 16.6. The number of carbonyl (C=O) groups excluding carboxylic acids is 1. The summed E-state index contributed by atoms with van der Waals surface area (Å²) in [6.45, 7) is 2.45. The first-order valence-corrected chi connectivity index (χ1v) is 7.70. The zero-order valence-electron chi connectivity index (χ0n) is 13.0. The first kappa shape index (κ1) is 14.9. The van der Waals surface area contributed by atoms with Gasteiger partial charge >= 0.3 is 12.0 Å². The van der Waals surface area contributed by atoms with Crippen molar-refractivity contribution in [3.05, 3.63) is 17.5 Å². The van der Waals surface area contributed by atoms with E-state index in [-0.39, 0.29) is 18.6 Å². The first-order chi connectivity index (χ1) is 10.4. The number of hydrogen-bond acceptors (Lipinski definition) is 3. The summed E-state index contributed by atoms with van der Waals surface area (Å²) in [5.74, 6) is -0.838. The lowest BCUT2D eigenvalue weighted by molar-refractivity contribution is -0.147. The molecular formula is C15H22N4O3. The Morgan fingerprint density at radius 3 is 2.95 bits per heavy atom. The van der Waals surface area contributed by atoms with Crippen molar-refractivity contribution in [3.8, 4) is 0 Å². The molecule has 22 heavy (non-hydrogen) atoms. The molecular weight excluding hydrogens is 284 g/mol. The van der Waals surface area contributed by atoms with Gasteiger partial charge in [-0.05, 0) is 32.6 Å². The van der Waals surface area contributed by atoms with Gasteiger partial charge in [0.2, 0.25) is 0 Å². The summed E-state index contributed by atoms with van der Waals surface area (Å²) < 4.78 is 1.87. The first-order valence-electron chi connectivity index (χ1n) is 7.70.